The van der Waals surface area contributed by atoms with Gasteiger partial charge in [0.1, 0.15) is 11.6 Å². The summed E-state index contributed by atoms with van der Waals surface area (Å²) in [4.78, 5) is 24.0. The van der Waals surface area contributed by atoms with Gasteiger partial charge in [-0.1, -0.05) is 19.4 Å². The minimum atomic E-state index is -0.561. The van der Waals surface area contributed by atoms with Crippen LogP contribution in [-0.2, 0) is 9.53 Å². The summed E-state index contributed by atoms with van der Waals surface area (Å²) < 4.78 is 16.0. The molecule has 1 N–H and O–H groups in total. The number of nitriles is 1. The molecule has 2 aromatic rings. The van der Waals surface area contributed by atoms with Crippen molar-refractivity contribution in [2.45, 2.75) is 26.7 Å². The van der Waals surface area contributed by atoms with Crippen LogP contribution in [0, 0.1) is 11.3 Å². The van der Waals surface area contributed by atoms with E-state index in [1.807, 2.05) is 13.0 Å². The number of carbonyl (C=O) groups excluding carboxylic acids is 2. The van der Waals surface area contributed by atoms with Crippen molar-refractivity contribution in [2.24, 2.45) is 0 Å². The highest BCUT2D eigenvalue weighted by Crippen LogP contribution is 2.29. The highest BCUT2D eigenvalue weighted by atomic mass is 16.5. The molecule has 162 valence electrons. The van der Waals surface area contributed by atoms with Crippen LogP contribution in [-0.4, -0.2) is 32.2 Å². The largest absolute Gasteiger partial charge is 0.490 e. The van der Waals surface area contributed by atoms with Gasteiger partial charge in [-0.3, -0.25) is 4.79 Å². The van der Waals surface area contributed by atoms with Crippen LogP contribution >= 0.6 is 0 Å². The Bertz CT molecular complexity index is 974. The number of nitrogens with one attached hydrogen (secondary N) is 1. The number of unbranched alkanes of at least 4 members (excludes halogenated alkanes) is 1. The number of benzene rings is 2. The molecule has 1 amide bonds. The van der Waals surface area contributed by atoms with E-state index < -0.39 is 11.9 Å². The lowest BCUT2D eigenvalue weighted by atomic mass is 10.1. The maximum atomic E-state index is 12.5. The van der Waals surface area contributed by atoms with Crippen LogP contribution in [0.15, 0.2) is 48.0 Å². The Kier molecular flexibility index (Phi) is 9.12. The lowest BCUT2D eigenvalue weighted by Gasteiger charge is -2.12. The van der Waals surface area contributed by atoms with E-state index in [2.05, 4.69) is 17.0 Å². The van der Waals surface area contributed by atoms with Gasteiger partial charge in [0, 0.05) is 5.69 Å². The number of esters is 1. The van der Waals surface area contributed by atoms with Crippen molar-refractivity contribution < 1.29 is 23.8 Å². The van der Waals surface area contributed by atoms with Gasteiger partial charge < -0.3 is 19.5 Å². The maximum absolute atomic E-state index is 12.5. The molecule has 0 unspecified atom stereocenters. The van der Waals surface area contributed by atoms with E-state index in [1.54, 1.807) is 30.3 Å². The molecule has 0 spiro atoms. The fourth-order valence-electron chi connectivity index (χ4n) is 2.65. The van der Waals surface area contributed by atoms with Crippen LogP contribution in [0.1, 0.15) is 42.6 Å². The Labute approximate surface area is 182 Å². The van der Waals surface area contributed by atoms with Crippen molar-refractivity contribution in [3.05, 3.63) is 59.2 Å². The minimum absolute atomic E-state index is 0.0702. The van der Waals surface area contributed by atoms with Gasteiger partial charge in [-0.25, -0.2) is 4.79 Å². The molecule has 0 heterocycles. The van der Waals surface area contributed by atoms with Crippen molar-refractivity contribution in [1.29, 1.82) is 5.26 Å². The van der Waals surface area contributed by atoms with E-state index >= 15 is 0 Å². The van der Waals surface area contributed by atoms with Crippen LogP contribution in [0.2, 0.25) is 0 Å². The third kappa shape index (κ3) is 6.89. The summed E-state index contributed by atoms with van der Waals surface area (Å²) in [6.45, 7) is 5.01. The molecule has 0 saturated carbocycles. The van der Waals surface area contributed by atoms with E-state index in [4.69, 9.17) is 9.47 Å². The molecule has 2 rings (SSSR count). The van der Waals surface area contributed by atoms with E-state index in [0.29, 0.717) is 41.5 Å². The van der Waals surface area contributed by atoms with Gasteiger partial charge in [-0.2, -0.15) is 5.26 Å². The Morgan fingerprint density at radius 1 is 1.06 bits per heavy atom. The fourth-order valence-corrected chi connectivity index (χ4v) is 2.65. The maximum Gasteiger partial charge on any atom is 0.337 e. The Morgan fingerprint density at radius 2 is 1.81 bits per heavy atom. The second kappa shape index (κ2) is 12.0. The molecule has 0 fully saturated rings. The first kappa shape index (κ1) is 23.5. The average molecular weight is 422 g/mol. The predicted molar refractivity (Wildman–Crippen MR) is 118 cm³/mol. The Hall–Kier alpha value is -3.79. The molecule has 0 atom stereocenters. The zero-order valence-corrected chi connectivity index (χ0v) is 17.9. The van der Waals surface area contributed by atoms with Crippen molar-refractivity contribution in [1.82, 2.24) is 0 Å². The zero-order valence-electron chi connectivity index (χ0n) is 17.9. The van der Waals surface area contributed by atoms with Crippen molar-refractivity contribution in [2.75, 3.05) is 25.6 Å². The van der Waals surface area contributed by atoms with Crippen LogP contribution in [0.3, 0.4) is 0 Å². The molecule has 0 saturated heterocycles. The summed E-state index contributed by atoms with van der Waals surface area (Å²) in [5.74, 6) is 0.154. The molecule has 31 heavy (non-hydrogen) atoms. The highest BCUT2D eigenvalue weighted by Gasteiger charge is 2.12. The second-order valence-electron chi connectivity index (χ2n) is 6.53. The van der Waals surface area contributed by atoms with Crippen LogP contribution in [0.5, 0.6) is 11.5 Å². The molecule has 0 aliphatic carbocycles. The van der Waals surface area contributed by atoms with Crippen molar-refractivity contribution in [3.63, 3.8) is 0 Å². The number of hydrogen-bond acceptors (Lipinski definition) is 6. The van der Waals surface area contributed by atoms with Crippen molar-refractivity contribution >= 4 is 23.6 Å². The summed E-state index contributed by atoms with van der Waals surface area (Å²) in [5.41, 5.74) is 1.38. The summed E-state index contributed by atoms with van der Waals surface area (Å²) in [6, 6.07) is 13.4. The number of amides is 1. The first-order valence-electron chi connectivity index (χ1n) is 10.0. The average Bonchev–Trinajstić information content (AvgIpc) is 2.79. The van der Waals surface area contributed by atoms with Gasteiger partial charge in [0.15, 0.2) is 11.5 Å². The topological polar surface area (TPSA) is 97.7 Å². The normalized spacial score (nSPS) is 10.7. The molecular formula is C24H26N2O5. The van der Waals surface area contributed by atoms with Gasteiger partial charge in [-0.15, -0.1) is 0 Å². The monoisotopic (exact) mass is 422 g/mol. The van der Waals surface area contributed by atoms with Gasteiger partial charge in [0.2, 0.25) is 0 Å². The van der Waals surface area contributed by atoms with Gasteiger partial charge >= 0.3 is 5.97 Å². The number of carbonyl (C=O) groups is 2. The van der Waals surface area contributed by atoms with Crippen LogP contribution in [0.25, 0.3) is 6.08 Å². The summed E-state index contributed by atoms with van der Waals surface area (Å²) in [5, 5.41) is 12.1. The molecule has 0 radical (unpaired) electrons. The lowest BCUT2D eigenvalue weighted by molar-refractivity contribution is -0.112. The standard InChI is InChI=1S/C24H26N2O5/c1-4-6-13-31-21-12-7-17(15-22(21)30-5-2)14-19(16-25)23(27)26-20-10-8-18(9-11-20)24(28)29-3/h7-12,14-15H,4-6,13H2,1-3H3,(H,26,27)/b19-14-. The number of rotatable bonds is 10. The quantitative estimate of drug-likeness (QED) is 0.260. The number of hydrogen-bond donors (Lipinski definition) is 1. The fraction of sp³-hybridized carbons (Fsp3) is 0.292. The second-order valence-corrected chi connectivity index (χ2v) is 6.53. The summed E-state index contributed by atoms with van der Waals surface area (Å²) in [7, 11) is 1.29. The minimum Gasteiger partial charge on any atom is -0.490 e. The number of nitrogens with zero attached hydrogens (tertiary/aromatic N) is 1. The van der Waals surface area contributed by atoms with Crippen LogP contribution in [0.4, 0.5) is 5.69 Å². The molecule has 0 aliphatic rings. The lowest BCUT2D eigenvalue weighted by Crippen LogP contribution is -2.13. The number of methoxy groups -OCH3 is 1. The third-order valence-electron chi connectivity index (χ3n) is 4.26. The smallest absolute Gasteiger partial charge is 0.337 e. The third-order valence-corrected chi connectivity index (χ3v) is 4.26. The van der Waals surface area contributed by atoms with Crippen molar-refractivity contribution in [3.8, 4) is 17.6 Å². The molecule has 2 aromatic carbocycles. The summed E-state index contributed by atoms with van der Waals surface area (Å²) in [6.07, 6.45) is 3.44. The molecule has 0 aliphatic heterocycles. The molecule has 7 heteroatoms. The van der Waals surface area contributed by atoms with Gasteiger partial charge in [-0.05, 0) is 61.4 Å². The molecule has 0 bridgehead atoms. The Balaban J connectivity index is 2.17. The molecule has 7 nitrogen and oxygen atoms in total. The van der Waals surface area contributed by atoms with E-state index in [1.165, 1.54) is 25.3 Å². The number of ether oxygens (including phenoxy) is 3. The Morgan fingerprint density at radius 3 is 2.42 bits per heavy atom. The van der Waals surface area contributed by atoms with E-state index in [9.17, 15) is 14.9 Å². The van der Waals surface area contributed by atoms with Crippen LogP contribution < -0.4 is 14.8 Å². The van der Waals surface area contributed by atoms with Gasteiger partial charge in [0.05, 0.1) is 25.9 Å². The molecular weight excluding hydrogens is 396 g/mol. The predicted octanol–water partition coefficient (Wildman–Crippen LogP) is 4.60. The van der Waals surface area contributed by atoms with E-state index in [0.717, 1.165) is 12.8 Å². The van der Waals surface area contributed by atoms with E-state index in [-0.39, 0.29) is 5.57 Å². The number of anilines is 1. The first-order valence-corrected chi connectivity index (χ1v) is 10.0. The molecule has 0 aromatic heterocycles. The summed E-state index contributed by atoms with van der Waals surface area (Å²) >= 11 is 0. The zero-order chi connectivity index (χ0) is 22.6. The first-order chi connectivity index (χ1) is 15.0. The SMILES string of the molecule is CCCCOc1ccc(/C=C(/C#N)C(=O)Nc2ccc(C(=O)OC)cc2)cc1OCC. The van der Waals surface area contributed by atoms with Gasteiger partial charge in [0.25, 0.3) is 5.91 Å². The highest BCUT2D eigenvalue weighted by molar-refractivity contribution is 6.09.